The number of amides is 1. The van der Waals surface area contributed by atoms with Gasteiger partial charge >= 0.3 is 0 Å². The number of nitrogens with two attached hydrogens (primary N) is 1. The molecule has 4 heteroatoms. The lowest BCUT2D eigenvalue weighted by molar-refractivity contribution is 0.0951. The fraction of sp³-hybridized carbons (Fsp3) is 0.385. The molecule has 0 saturated heterocycles. The van der Waals surface area contributed by atoms with Crippen LogP contribution >= 0.6 is 12.2 Å². The number of hydrogen-bond donors (Lipinski definition) is 2. The number of thiocarbonyl (C=S) groups is 1. The lowest BCUT2D eigenvalue weighted by Gasteiger charge is -2.06. The number of carbonyl (C=O) groups is 1. The van der Waals surface area contributed by atoms with E-state index >= 15 is 0 Å². The Bertz CT molecular complexity index is 458. The predicted octanol–water partition coefficient (Wildman–Crippen LogP) is 1.71. The molecule has 0 bridgehead atoms. The third-order valence-corrected chi connectivity index (χ3v) is 3.45. The molecule has 0 radical (unpaired) electrons. The molecular weight excluding hydrogens is 232 g/mol. The highest BCUT2D eigenvalue weighted by Gasteiger charge is 2.32. The zero-order valence-corrected chi connectivity index (χ0v) is 10.6. The molecule has 1 aliphatic rings. The Morgan fingerprint density at radius 2 is 2.18 bits per heavy atom. The van der Waals surface area contributed by atoms with E-state index in [1.165, 1.54) is 6.42 Å². The molecule has 2 unspecified atom stereocenters. The summed E-state index contributed by atoms with van der Waals surface area (Å²) in [6.07, 6.45) is 1.22. The zero-order chi connectivity index (χ0) is 12.4. The van der Waals surface area contributed by atoms with Crippen molar-refractivity contribution < 1.29 is 4.79 Å². The summed E-state index contributed by atoms with van der Waals surface area (Å²) >= 11 is 4.89. The van der Waals surface area contributed by atoms with E-state index in [-0.39, 0.29) is 5.91 Å². The molecule has 90 valence electrons. The molecular formula is C13H16N2OS. The molecule has 1 amide bonds. The number of rotatable bonds is 4. The first-order valence-electron chi connectivity index (χ1n) is 5.76. The monoisotopic (exact) mass is 248 g/mol. The van der Waals surface area contributed by atoms with Crippen LogP contribution in [0.2, 0.25) is 0 Å². The second-order valence-corrected chi connectivity index (χ2v) is 5.07. The number of hydrogen-bond acceptors (Lipinski definition) is 2. The van der Waals surface area contributed by atoms with Crippen LogP contribution < -0.4 is 11.1 Å². The molecule has 17 heavy (non-hydrogen) atoms. The molecule has 3 N–H and O–H groups in total. The summed E-state index contributed by atoms with van der Waals surface area (Å²) in [5, 5.41) is 2.93. The summed E-state index contributed by atoms with van der Waals surface area (Å²) in [6, 6.07) is 7.10. The van der Waals surface area contributed by atoms with E-state index in [4.69, 9.17) is 18.0 Å². The van der Waals surface area contributed by atoms with Crippen LogP contribution in [0.15, 0.2) is 24.3 Å². The van der Waals surface area contributed by atoms with Gasteiger partial charge < -0.3 is 11.1 Å². The van der Waals surface area contributed by atoms with E-state index < -0.39 is 0 Å². The smallest absolute Gasteiger partial charge is 0.251 e. The minimum absolute atomic E-state index is 0.0535. The summed E-state index contributed by atoms with van der Waals surface area (Å²) in [5.41, 5.74) is 6.88. The summed E-state index contributed by atoms with van der Waals surface area (Å²) in [7, 11) is 0. The highest BCUT2D eigenvalue weighted by atomic mass is 32.1. The average molecular weight is 248 g/mol. The quantitative estimate of drug-likeness (QED) is 0.798. The van der Waals surface area contributed by atoms with E-state index in [2.05, 4.69) is 12.2 Å². The number of nitrogens with one attached hydrogen (secondary N) is 1. The maximum absolute atomic E-state index is 11.9. The second kappa shape index (κ2) is 4.84. The van der Waals surface area contributed by atoms with Crippen LogP contribution in [0, 0.1) is 11.8 Å². The van der Waals surface area contributed by atoms with Crippen molar-refractivity contribution in [3.8, 4) is 0 Å². The molecule has 2 rings (SSSR count). The Kier molecular flexibility index (Phi) is 3.43. The molecule has 1 aliphatic carbocycles. The van der Waals surface area contributed by atoms with E-state index in [1.807, 2.05) is 6.07 Å². The van der Waals surface area contributed by atoms with Gasteiger partial charge in [0.1, 0.15) is 4.99 Å². The Morgan fingerprint density at radius 3 is 2.76 bits per heavy atom. The third-order valence-electron chi connectivity index (χ3n) is 3.21. The first-order chi connectivity index (χ1) is 8.08. The first kappa shape index (κ1) is 12.0. The fourth-order valence-corrected chi connectivity index (χ4v) is 1.95. The number of carbonyl (C=O) groups excluding carboxylic acids is 1. The zero-order valence-electron chi connectivity index (χ0n) is 9.77. The number of benzene rings is 1. The standard InChI is InChI=1S/C13H16N2OS/c1-8-5-11(8)7-15-13(16)10-4-2-3-9(6-10)12(14)17/h2-4,6,8,11H,5,7H2,1H3,(H2,14,17)(H,15,16). The minimum atomic E-state index is -0.0535. The SMILES string of the molecule is CC1CC1CNC(=O)c1cccc(C(N)=S)c1. The molecule has 0 spiro atoms. The van der Waals surface area contributed by atoms with Crippen molar-refractivity contribution in [3.05, 3.63) is 35.4 Å². The predicted molar refractivity (Wildman–Crippen MR) is 71.9 cm³/mol. The summed E-state index contributed by atoms with van der Waals surface area (Å²) in [4.78, 5) is 12.2. The maximum atomic E-state index is 11.9. The van der Waals surface area contributed by atoms with E-state index in [0.29, 0.717) is 16.5 Å². The topological polar surface area (TPSA) is 55.1 Å². The van der Waals surface area contributed by atoms with Crippen LogP contribution in [-0.2, 0) is 0 Å². The molecule has 0 aliphatic heterocycles. The largest absolute Gasteiger partial charge is 0.389 e. The van der Waals surface area contributed by atoms with E-state index in [1.54, 1.807) is 18.2 Å². The molecule has 0 aromatic heterocycles. The van der Waals surface area contributed by atoms with E-state index in [0.717, 1.165) is 18.0 Å². The third kappa shape index (κ3) is 3.03. The molecule has 1 aromatic rings. The van der Waals surface area contributed by atoms with Gasteiger partial charge in [0.05, 0.1) is 0 Å². The maximum Gasteiger partial charge on any atom is 0.251 e. The van der Waals surface area contributed by atoms with Gasteiger partial charge in [0.15, 0.2) is 0 Å². The van der Waals surface area contributed by atoms with Gasteiger partial charge in [-0.05, 0) is 30.4 Å². The minimum Gasteiger partial charge on any atom is -0.389 e. The van der Waals surface area contributed by atoms with Gasteiger partial charge in [-0.25, -0.2) is 0 Å². The van der Waals surface area contributed by atoms with Crippen molar-refractivity contribution in [2.24, 2.45) is 17.6 Å². The Labute approximate surface area is 106 Å². The summed E-state index contributed by atoms with van der Waals surface area (Å²) in [6.45, 7) is 2.96. The summed E-state index contributed by atoms with van der Waals surface area (Å²) < 4.78 is 0. The van der Waals surface area contributed by atoms with Gasteiger partial charge in [-0.1, -0.05) is 31.3 Å². The molecule has 2 atom stereocenters. The van der Waals surface area contributed by atoms with Crippen molar-refractivity contribution in [2.75, 3.05) is 6.54 Å². The first-order valence-corrected chi connectivity index (χ1v) is 6.17. The van der Waals surface area contributed by atoms with Crippen LogP contribution in [0.25, 0.3) is 0 Å². The molecule has 0 heterocycles. The van der Waals surface area contributed by atoms with Gasteiger partial charge in [-0.2, -0.15) is 0 Å². The van der Waals surface area contributed by atoms with Crippen LogP contribution in [0.1, 0.15) is 29.3 Å². The highest BCUT2D eigenvalue weighted by molar-refractivity contribution is 7.80. The van der Waals surface area contributed by atoms with Crippen molar-refractivity contribution in [1.82, 2.24) is 5.32 Å². The average Bonchev–Trinajstić information content (AvgIpc) is 3.02. The van der Waals surface area contributed by atoms with Gasteiger partial charge in [0.25, 0.3) is 5.91 Å². The lowest BCUT2D eigenvalue weighted by Crippen LogP contribution is -2.26. The highest BCUT2D eigenvalue weighted by Crippen LogP contribution is 2.36. The Balaban J connectivity index is 1.98. The van der Waals surface area contributed by atoms with Gasteiger partial charge in [0, 0.05) is 17.7 Å². The lowest BCUT2D eigenvalue weighted by atomic mass is 10.1. The molecule has 1 fully saturated rings. The Hall–Kier alpha value is -1.42. The van der Waals surface area contributed by atoms with Crippen LogP contribution in [0.4, 0.5) is 0 Å². The van der Waals surface area contributed by atoms with Gasteiger partial charge in [-0.15, -0.1) is 0 Å². The van der Waals surface area contributed by atoms with Gasteiger partial charge in [-0.3, -0.25) is 4.79 Å². The van der Waals surface area contributed by atoms with Crippen molar-refractivity contribution in [3.63, 3.8) is 0 Å². The van der Waals surface area contributed by atoms with Crippen molar-refractivity contribution in [1.29, 1.82) is 0 Å². The fourth-order valence-electron chi connectivity index (χ4n) is 1.82. The van der Waals surface area contributed by atoms with Crippen LogP contribution in [-0.4, -0.2) is 17.4 Å². The van der Waals surface area contributed by atoms with Crippen molar-refractivity contribution in [2.45, 2.75) is 13.3 Å². The normalized spacial score (nSPS) is 21.9. The molecule has 1 saturated carbocycles. The van der Waals surface area contributed by atoms with Crippen LogP contribution in [0.3, 0.4) is 0 Å². The Morgan fingerprint density at radius 1 is 1.53 bits per heavy atom. The second-order valence-electron chi connectivity index (χ2n) is 4.63. The molecule has 3 nitrogen and oxygen atoms in total. The van der Waals surface area contributed by atoms with Gasteiger partial charge in [0.2, 0.25) is 0 Å². The summed E-state index contributed by atoms with van der Waals surface area (Å²) in [5.74, 6) is 1.35. The van der Waals surface area contributed by atoms with Crippen molar-refractivity contribution >= 4 is 23.1 Å². The van der Waals surface area contributed by atoms with Crippen LogP contribution in [0.5, 0.6) is 0 Å². The van der Waals surface area contributed by atoms with E-state index in [9.17, 15) is 4.79 Å². The molecule has 1 aromatic carbocycles.